The van der Waals surface area contributed by atoms with Crippen molar-refractivity contribution in [3.05, 3.63) is 46.5 Å². The molecular weight excluding hydrogens is 412 g/mol. The van der Waals surface area contributed by atoms with Crippen molar-refractivity contribution < 1.29 is 19.8 Å². The second-order valence-electron chi connectivity index (χ2n) is 8.15. The molecule has 2 fully saturated rings. The Bertz CT molecular complexity index is 690. The van der Waals surface area contributed by atoms with Crippen molar-refractivity contribution in [1.29, 1.82) is 0 Å². The SMILES string of the molecule is CC12CNCC(C)(CN(Cc3ccccc3Br)C1)C2.O=C(O)/C=C/C(=O)O. The van der Waals surface area contributed by atoms with Crippen LogP contribution in [0.1, 0.15) is 25.8 Å². The minimum atomic E-state index is -1.26. The maximum absolute atomic E-state index is 9.55. The highest BCUT2D eigenvalue weighted by Gasteiger charge is 2.45. The highest BCUT2D eigenvalue weighted by molar-refractivity contribution is 9.10. The van der Waals surface area contributed by atoms with Crippen LogP contribution in [0.5, 0.6) is 0 Å². The Morgan fingerprint density at radius 1 is 1.11 bits per heavy atom. The molecule has 7 heteroatoms. The number of carboxylic acids is 2. The van der Waals surface area contributed by atoms with E-state index >= 15 is 0 Å². The van der Waals surface area contributed by atoms with E-state index in [1.54, 1.807) is 0 Å². The lowest BCUT2D eigenvalue weighted by Gasteiger charge is -2.54. The maximum atomic E-state index is 9.55. The van der Waals surface area contributed by atoms with E-state index in [0.717, 1.165) is 19.6 Å². The third-order valence-electron chi connectivity index (χ3n) is 4.89. The largest absolute Gasteiger partial charge is 0.478 e. The fourth-order valence-corrected chi connectivity index (χ4v) is 4.71. The molecule has 1 aromatic rings. The van der Waals surface area contributed by atoms with Crippen molar-refractivity contribution in [3.63, 3.8) is 0 Å². The van der Waals surface area contributed by atoms with E-state index in [0.29, 0.717) is 23.0 Å². The van der Waals surface area contributed by atoms with Gasteiger partial charge < -0.3 is 15.5 Å². The molecule has 2 aliphatic heterocycles. The molecule has 0 aliphatic carbocycles. The van der Waals surface area contributed by atoms with E-state index in [1.807, 2.05) is 0 Å². The fraction of sp³-hybridized carbons (Fsp3) is 0.500. The highest BCUT2D eigenvalue weighted by Crippen LogP contribution is 2.43. The molecule has 2 atom stereocenters. The van der Waals surface area contributed by atoms with Crippen molar-refractivity contribution in [2.24, 2.45) is 10.8 Å². The summed E-state index contributed by atoms with van der Waals surface area (Å²) < 4.78 is 1.24. The van der Waals surface area contributed by atoms with Gasteiger partial charge in [-0.15, -0.1) is 0 Å². The number of hydrogen-bond acceptors (Lipinski definition) is 4. The standard InChI is InChI=1S/C16H23BrN2.C4H4O4/c1-15-8-16(2,10-18-9-15)12-19(11-15)7-13-5-3-4-6-14(13)17;5-3(6)1-2-4(7)8/h3-6,18H,7-12H2,1-2H3;1-2H,(H,5,6)(H,7,8)/b;2-1+. The number of hydrogen-bond donors (Lipinski definition) is 3. The summed E-state index contributed by atoms with van der Waals surface area (Å²) in [4.78, 5) is 21.8. The lowest BCUT2D eigenvalue weighted by Crippen LogP contribution is -2.60. The fourth-order valence-electron chi connectivity index (χ4n) is 4.30. The first-order valence-corrected chi connectivity index (χ1v) is 9.71. The normalized spacial score (nSPS) is 27.7. The number of aliphatic carboxylic acids is 2. The third-order valence-corrected chi connectivity index (χ3v) is 5.66. The lowest BCUT2D eigenvalue weighted by molar-refractivity contribution is -0.134. The summed E-state index contributed by atoms with van der Waals surface area (Å²) in [6.07, 6.45) is 2.48. The summed E-state index contributed by atoms with van der Waals surface area (Å²) in [5, 5.41) is 19.3. The molecule has 3 N–H and O–H groups in total. The van der Waals surface area contributed by atoms with Crippen LogP contribution in [0.3, 0.4) is 0 Å². The summed E-state index contributed by atoms with van der Waals surface area (Å²) in [5.74, 6) is -2.51. The average Bonchev–Trinajstić information content (AvgIpc) is 2.54. The van der Waals surface area contributed by atoms with Gasteiger partial charge in [-0.3, -0.25) is 4.90 Å². The summed E-state index contributed by atoms with van der Waals surface area (Å²) in [6.45, 7) is 10.7. The lowest BCUT2D eigenvalue weighted by atomic mass is 9.66. The summed E-state index contributed by atoms with van der Waals surface area (Å²) in [5.41, 5.74) is 2.28. The van der Waals surface area contributed by atoms with Crippen molar-refractivity contribution >= 4 is 27.9 Å². The Hall–Kier alpha value is -1.70. The average molecular weight is 439 g/mol. The van der Waals surface area contributed by atoms with Gasteiger partial charge in [0.1, 0.15) is 0 Å². The van der Waals surface area contributed by atoms with Crippen LogP contribution in [-0.2, 0) is 16.1 Å². The van der Waals surface area contributed by atoms with Crippen LogP contribution < -0.4 is 5.32 Å². The maximum Gasteiger partial charge on any atom is 0.328 e. The Morgan fingerprint density at radius 3 is 2.11 bits per heavy atom. The molecule has 0 radical (unpaired) electrons. The first kappa shape index (κ1) is 21.6. The molecular formula is C20H27BrN2O4. The van der Waals surface area contributed by atoms with Crippen LogP contribution in [-0.4, -0.2) is 53.2 Å². The Kier molecular flexibility index (Phi) is 7.19. The smallest absolute Gasteiger partial charge is 0.328 e. The third kappa shape index (κ3) is 6.75. The Labute approximate surface area is 168 Å². The van der Waals surface area contributed by atoms with Gasteiger partial charge in [0.2, 0.25) is 0 Å². The molecule has 27 heavy (non-hydrogen) atoms. The van der Waals surface area contributed by atoms with Crippen molar-refractivity contribution in [1.82, 2.24) is 10.2 Å². The quantitative estimate of drug-likeness (QED) is 0.626. The molecule has 6 nitrogen and oxygen atoms in total. The van der Waals surface area contributed by atoms with Crippen LogP contribution in [0.4, 0.5) is 0 Å². The number of carbonyl (C=O) groups is 2. The molecule has 0 saturated carbocycles. The minimum absolute atomic E-state index is 0.437. The Morgan fingerprint density at radius 2 is 1.63 bits per heavy atom. The molecule has 0 amide bonds. The molecule has 2 unspecified atom stereocenters. The van der Waals surface area contributed by atoms with Crippen molar-refractivity contribution in [2.45, 2.75) is 26.8 Å². The monoisotopic (exact) mass is 438 g/mol. The second kappa shape index (κ2) is 8.99. The number of benzene rings is 1. The second-order valence-corrected chi connectivity index (χ2v) is 9.00. The van der Waals surface area contributed by atoms with Gasteiger partial charge >= 0.3 is 11.9 Å². The number of likely N-dealkylation sites (tertiary alicyclic amines) is 1. The van der Waals surface area contributed by atoms with Gasteiger partial charge in [-0.25, -0.2) is 9.59 Å². The van der Waals surface area contributed by atoms with Gasteiger partial charge in [0, 0.05) is 49.3 Å². The molecule has 2 aliphatic rings. The molecule has 0 aromatic heterocycles. The number of nitrogens with zero attached hydrogens (tertiary/aromatic N) is 1. The highest BCUT2D eigenvalue weighted by atomic mass is 79.9. The zero-order chi connectivity index (χ0) is 20.1. The summed E-state index contributed by atoms with van der Waals surface area (Å²) in [7, 11) is 0. The van der Waals surface area contributed by atoms with Gasteiger partial charge in [0.15, 0.2) is 0 Å². The molecule has 2 bridgehead atoms. The van der Waals surface area contributed by atoms with E-state index in [9.17, 15) is 9.59 Å². The van der Waals surface area contributed by atoms with E-state index in [4.69, 9.17) is 10.2 Å². The molecule has 1 aromatic carbocycles. The molecule has 2 saturated heterocycles. The number of rotatable bonds is 4. The van der Waals surface area contributed by atoms with E-state index in [2.05, 4.69) is 64.3 Å². The zero-order valence-corrected chi connectivity index (χ0v) is 17.3. The van der Waals surface area contributed by atoms with Crippen LogP contribution in [0.25, 0.3) is 0 Å². The first-order chi connectivity index (χ1) is 12.6. The van der Waals surface area contributed by atoms with Crippen LogP contribution in [0.2, 0.25) is 0 Å². The Balaban J connectivity index is 0.000000279. The van der Waals surface area contributed by atoms with Gasteiger partial charge in [-0.2, -0.15) is 0 Å². The van der Waals surface area contributed by atoms with Gasteiger partial charge in [0.25, 0.3) is 0 Å². The number of fused-ring (bicyclic) bond motifs is 2. The predicted molar refractivity (Wildman–Crippen MR) is 108 cm³/mol. The zero-order valence-electron chi connectivity index (χ0n) is 15.7. The molecule has 148 valence electrons. The van der Waals surface area contributed by atoms with Gasteiger partial charge in [-0.05, 0) is 28.9 Å². The van der Waals surface area contributed by atoms with E-state index in [1.165, 1.54) is 29.5 Å². The van der Waals surface area contributed by atoms with Crippen molar-refractivity contribution in [3.8, 4) is 0 Å². The van der Waals surface area contributed by atoms with Crippen molar-refractivity contribution in [2.75, 3.05) is 26.2 Å². The molecule has 0 spiro atoms. The number of carboxylic acid groups (broad SMARTS) is 2. The molecule has 3 rings (SSSR count). The van der Waals surface area contributed by atoms with Crippen LogP contribution in [0, 0.1) is 10.8 Å². The van der Waals surface area contributed by atoms with Crippen LogP contribution >= 0.6 is 15.9 Å². The topological polar surface area (TPSA) is 89.9 Å². The number of halogens is 1. The molecule has 2 heterocycles. The van der Waals surface area contributed by atoms with E-state index < -0.39 is 11.9 Å². The minimum Gasteiger partial charge on any atom is -0.478 e. The first-order valence-electron chi connectivity index (χ1n) is 8.91. The van der Waals surface area contributed by atoms with Gasteiger partial charge in [0.05, 0.1) is 0 Å². The van der Waals surface area contributed by atoms with E-state index in [-0.39, 0.29) is 0 Å². The summed E-state index contributed by atoms with van der Waals surface area (Å²) in [6, 6.07) is 8.60. The van der Waals surface area contributed by atoms with Crippen LogP contribution in [0.15, 0.2) is 40.9 Å². The summed E-state index contributed by atoms with van der Waals surface area (Å²) >= 11 is 3.67. The van der Waals surface area contributed by atoms with Gasteiger partial charge in [-0.1, -0.05) is 48.0 Å². The predicted octanol–water partition coefficient (Wildman–Crippen LogP) is 2.98. The number of piperidine rings is 2. The number of nitrogens with one attached hydrogen (secondary N) is 1.